The molecule has 1 heterocycles. The molecule has 0 aliphatic rings. The SMILES string of the molecule is CCCC[C@@H](CC)C(=O)N[C@@H](Cc1ccccc1)c1nnc(SCc2cccc(C)c2)n1-c1ccc([N+](=O)[O-])cc1. The molecule has 2 atom stereocenters. The van der Waals surface area contributed by atoms with Gasteiger partial charge in [-0.15, -0.1) is 10.2 Å². The van der Waals surface area contributed by atoms with E-state index in [-0.39, 0.29) is 17.5 Å². The van der Waals surface area contributed by atoms with E-state index in [9.17, 15) is 14.9 Å². The number of carbonyl (C=O) groups excluding carboxylic acids is 1. The van der Waals surface area contributed by atoms with Gasteiger partial charge in [0.1, 0.15) is 0 Å². The highest BCUT2D eigenvalue weighted by Gasteiger charge is 2.27. The van der Waals surface area contributed by atoms with Crippen LogP contribution in [0.15, 0.2) is 84.0 Å². The number of rotatable bonds is 14. The van der Waals surface area contributed by atoms with E-state index >= 15 is 0 Å². The fourth-order valence-electron chi connectivity index (χ4n) is 4.83. The van der Waals surface area contributed by atoms with Crippen LogP contribution in [0.1, 0.15) is 68.1 Å². The molecule has 4 aromatic rings. The number of thioether (sulfide) groups is 1. The van der Waals surface area contributed by atoms with Gasteiger partial charge in [0.25, 0.3) is 5.69 Å². The Bertz CT molecular complexity index is 1440. The molecule has 0 radical (unpaired) electrons. The third-order valence-corrected chi connectivity index (χ3v) is 8.11. The van der Waals surface area contributed by atoms with Gasteiger partial charge in [-0.1, -0.05) is 98.6 Å². The van der Waals surface area contributed by atoms with Crippen LogP contribution in [0.3, 0.4) is 0 Å². The molecule has 0 aliphatic carbocycles. The van der Waals surface area contributed by atoms with Crippen molar-refractivity contribution < 1.29 is 9.72 Å². The minimum absolute atomic E-state index is 0.00758. The van der Waals surface area contributed by atoms with E-state index in [0.29, 0.717) is 28.8 Å². The van der Waals surface area contributed by atoms with Crippen LogP contribution in [0.25, 0.3) is 5.69 Å². The summed E-state index contributed by atoms with van der Waals surface area (Å²) in [6.07, 6.45) is 4.16. The van der Waals surface area contributed by atoms with Gasteiger partial charge in [-0.2, -0.15) is 0 Å². The highest BCUT2D eigenvalue weighted by Crippen LogP contribution is 2.30. The normalized spacial score (nSPS) is 12.6. The average molecular weight is 572 g/mol. The second-order valence-corrected chi connectivity index (χ2v) is 11.2. The quantitative estimate of drug-likeness (QED) is 0.0961. The zero-order chi connectivity index (χ0) is 29.2. The second kappa shape index (κ2) is 14.6. The Morgan fingerprint density at radius 2 is 1.73 bits per heavy atom. The molecule has 0 bridgehead atoms. The molecule has 0 spiro atoms. The van der Waals surface area contributed by atoms with Gasteiger partial charge >= 0.3 is 0 Å². The molecule has 0 saturated heterocycles. The number of nitro benzene ring substituents is 1. The number of hydrogen-bond donors (Lipinski definition) is 1. The lowest BCUT2D eigenvalue weighted by Crippen LogP contribution is -2.36. The summed E-state index contributed by atoms with van der Waals surface area (Å²) in [6.45, 7) is 6.24. The van der Waals surface area contributed by atoms with Crippen molar-refractivity contribution in [1.29, 1.82) is 0 Å². The molecule has 1 N–H and O–H groups in total. The van der Waals surface area contributed by atoms with Crippen LogP contribution in [-0.4, -0.2) is 25.6 Å². The molecule has 9 heteroatoms. The van der Waals surface area contributed by atoms with Gasteiger partial charge in [0.2, 0.25) is 5.91 Å². The Morgan fingerprint density at radius 1 is 1.00 bits per heavy atom. The van der Waals surface area contributed by atoms with Crippen molar-refractivity contribution >= 4 is 23.4 Å². The van der Waals surface area contributed by atoms with Crippen LogP contribution in [0.5, 0.6) is 0 Å². The summed E-state index contributed by atoms with van der Waals surface area (Å²) >= 11 is 1.54. The summed E-state index contributed by atoms with van der Waals surface area (Å²) in [5, 5.41) is 24.5. The van der Waals surface area contributed by atoms with Crippen LogP contribution in [0.4, 0.5) is 5.69 Å². The molecule has 1 aromatic heterocycles. The molecule has 1 amide bonds. The summed E-state index contributed by atoms with van der Waals surface area (Å²) in [4.78, 5) is 24.5. The number of non-ortho nitro benzene ring substituents is 1. The number of carbonyl (C=O) groups is 1. The molecule has 4 rings (SSSR count). The molecular formula is C32H37N5O3S. The summed E-state index contributed by atoms with van der Waals surface area (Å²) in [5.74, 6) is 1.19. The van der Waals surface area contributed by atoms with E-state index in [0.717, 1.165) is 36.8 Å². The summed E-state index contributed by atoms with van der Waals surface area (Å²) < 4.78 is 1.92. The minimum Gasteiger partial charge on any atom is -0.345 e. The second-order valence-electron chi connectivity index (χ2n) is 10.2. The Morgan fingerprint density at radius 3 is 2.39 bits per heavy atom. The van der Waals surface area contributed by atoms with E-state index in [4.69, 9.17) is 0 Å². The number of nitro groups is 1. The topological polar surface area (TPSA) is 103 Å². The Labute approximate surface area is 245 Å². The minimum atomic E-state index is -0.448. The lowest BCUT2D eigenvalue weighted by atomic mass is 9.97. The first-order valence-electron chi connectivity index (χ1n) is 14.1. The zero-order valence-electron chi connectivity index (χ0n) is 23.8. The molecule has 214 valence electrons. The van der Waals surface area contributed by atoms with Crippen LogP contribution < -0.4 is 5.32 Å². The third-order valence-electron chi connectivity index (χ3n) is 7.11. The number of amides is 1. The predicted molar refractivity (Wildman–Crippen MR) is 163 cm³/mol. The molecule has 0 fully saturated rings. The molecule has 3 aromatic carbocycles. The van der Waals surface area contributed by atoms with Gasteiger partial charge in [0, 0.05) is 29.5 Å². The van der Waals surface area contributed by atoms with Gasteiger partial charge in [-0.3, -0.25) is 19.5 Å². The molecule has 0 aliphatic heterocycles. The van der Waals surface area contributed by atoms with Gasteiger partial charge in [0.15, 0.2) is 11.0 Å². The zero-order valence-corrected chi connectivity index (χ0v) is 24.6. The maximum atomic E-state index is 13.5. The van der Waals surface area contributed by atoms with Crippen molar-refractivity contribution in [3.63, 3.8) is 0 Å². The van der Waals surface area contributed by atoms with E-state index in [1.807, 2.05) is 47.9 Å². The van der Waals surface area contributed by atoms with Crippen molar-refractivity contribution in [2.75, 3.05) is 0 Å². The summed E-state index contributed by atoms with van der Waals surface area (Å²) in [7, 11) is 0. The number of benzene rings is 3. The number of aryl methyl sites for hydroxylation is 1. The number of aromatic nitrogens is 3. The molecule has 0 saturated carbocycles. The van der Waals surface area contributed by atoms with Crippen molar-refractivity contribution in [1.82, 2.24) is 20.1 Å². The van der Waals surface area contributed by atoms with E-state index < -0.39 is 11.0 Å². The smallest absolute Gasteiger partial charge is 0.269 e. The first-order valence-corrected chi connectivity index (χ1v) is 15.1. The third kappa shape index (κ3) is 8.04. The van der Waals surface area contributed by atoms with Gasteiger partial charge in [-0.25, -0.2) is 0 Å². The van der Waals surface area contributed by atoms with E-state index in [2.05, 4.69) is 47.6 Å². The fraction of sp³-hybridized carbons (Fsp3) is 0.344. The van der Waals surface area contributed by atoms with Crippen molar-refractivity contribution in [3.8, 4) is 5.69 Å². The monoisotopic (exact) mass is 571 g/mol. The van der Waals surface area contributed by atoms with Crippen LogP contribution in [-0.2, 0) is 17.0 Å². The Balaban J connectivity index is 1.74. The van der Waals surface area contributed by atoms with E-state index in [1.165, 1.54) is 17.7 Å². The van der Waals surface area contributed by atoms with Crippen LogP contribution >= 0.6 is 11.8 Å². The van der Waals surface area contributed by atoms with Crippen LogP contribution in [0, 0.1) is 23.0 Å². The molecule has 41 heavy (non-hydrogen) atoms. The lowest BCUT2D eigenvalue weighted by Gasteiger charge is -2.23. The average Bonchev–Trinajstić information content (AvgIpc) is 3.40. The van der Waals surface area contributed by atoms with Crippen molar-refractivity contribution in [2.45, 2.75) is 69.8 Å². The maximum absolute atomic E-state index is 13.5. The molecular weight excluding hydrogens is 534 g/mol. The predicted octanol–water partition coefficient (Wildman–Crippen LogP) is 7.39. The van der Waals surface area contributed by atoms with E-state index in [1.54, 1.807) is 23.9 Å². The first kappa shape index (κ1) is 30.0. The first-order chi connectivity index (χ1) is 19.9. The number of nitrogens with zero attached hydrogens (tertiary/aromatic N) is 4. The molecule has 0 unspecified atom stereocenters. The standard InChI is InChI=1S/C32H37N5O3S/c1-4-6-15-26(5-2)31(38)33-29(21-24-12-8-7-9-13-24)30-34-35-32(41-22-25-14-10-11-23(3)20-25)36(30)27-16-18-28(19-17-27)37(39)40/h7-14,16-20,26,29H,4-6,15,21-22H2,1-3H3,(H,33,38)/t26-,29+/m1/s1. The van der Waals surface area contributed by atoms with Crippen LogP contribution in [0.2, 0.25) is 0 Å². The number of nitrogens with one attached hydrogen (secondary N) is 1. The van der Waals surface area contributed by atoms with Gasteiger partial charge in [0.05, 0.1) is 11.0 Å². The van der Waals surface area contributed by atoms with Crippen molar-refractivity contribution in [3.05, 3.63) is 111 Å². The number of unbranched alkanes of at least 4 members (excludes halogenated alkanes) is 1. The van der Waals surface area contributed by atoms with Gasteiger partial charge < -0.3 is 5.32 Å². The van der Waals surface area contributed by atoms with Gasteiger partial charge in [-0.05, 0) is 49.4 Å². The summed E-state index contributed by atoms with van der Waals surface area (Å²) in [6, 6.07) is 24.2. The highest BCUT2D eigenvalue weighted by atomic mass is 32.2. The molecule has 8 nitrogen and oxygen atoms in total. The number of hydrogen-bond acceptors (Lipinski definition) is 6. The Hall–Kier alpha value is -3.98. The Kier molecular flexibility index (Phi) is 10.7. The fourth-order valence-corrected chi connectivity index (χ4v) is 5.74. The maximum Gasteiger partial charge on any atom is 0.269 e. The largest absolute Gasteiger partial charge is 0.345 e. The van der Waals surface area contributed by atoms with Crippen molar-refractivity contribution in [2.24, 2.45) is 5.92 Å². The highest BCUT2D eigenvalue weighted by molar-refractivity contribution is 7.98. The lowest BCUT2D eigenvalue weighted by molar-refractivity contribution is -0.384. The summed E-state index contributed by atoms with van der Waals surface area (Å²) in [5.41, 5.74) is 4.11.